The summed E-state index contributed by atoms with van der Waals surface area (Å²) < 4.78 is 5.31. The van der Waals surface area contributed by atoms with Crippen LogP contribution in [0.2, 0.25) is 10.0 Å². The Labute approximate surface area is 144 Å². The molecule has 2 atom stereocenters. The molecule has 1 amide bonds. The summed E-state index contributed by atoms with van der Waals surface area (Å²) in [6, 6.07) is 4.18. The molecule has 1 saturated heterocycles. The molecule has 1 aliphatic heterocycles. The highest BCUT2D eigenvalue weighted by atomic mass is 35.5. The molecule has 1 fully saturated rings. The van der Waals surface area contributed by atoms with E-state index in [0.717, 1.165) is 18.4 Å². The lowest BCUT2D eigenvalue weighted by molar-refractivity contribution is -0.145. The molecule has 7 heteroatoms. The Hall–Kier alpha value is -1.30. The number of nitrogens with one attached hydrogen (secondary N) is 1. The van der Waals surface area contributed by atoms with Crippen molar-refractivity contribution in [2.75, 3.05) is 13.2 Å². The Morgan fingerprint density at radius 3 is 2.78 bits per heavy atom. The van der Waals surface area contributed by atoms with Gasteiger partial charge in [0.25, 0.3) is 0 Å². The number of amides is 1. The molecule has 0 spiro atoms. The summed E-state index contributed by atoms with van der Waals surface area (Å²) in [5.74, 6) is -1.53. The van der Waals surface area contributed by atoms with Crippen molar-refractivity contribution in [3.05, 3.63) is 33.8 Å². The Kier molecular flexibility index (Phi) is 6.69. The molecular formula is C16H19Cl2NO4. The van der Waals surface area contributed by atoms with Gasteiger partial charge in [-0.1, -0.05) is 29.3 Å². The topological polar surface area (TPSA) is 75.6 Å². The lowest BCUT2D eigenvalue weighted by Gasteiger charge is -2.28. The zero-order valence-corrected chi connectivity index (χ0v) is 14.1. The van der Waals surface area contributed by atoms with Gasteiger partial charge in [0.05, 0.1) is 6.61 Å². The quantitative estimate of drug-likeness (QED) is 0.818. The first kappa shape index (κ1) is 18.0. The third-order valence-electron chi connectivity index (χ3n) is 3.89. The van der Waals surface area contributed by atoms with E-state index in [0.29, 0.717) is 29.7 Å². The summed E-state index contributed by atoms with van der Waals surface area (Å²) in [6.07, 6.45) is 2.14. The minimum atomic E-state index is -1.03. The Morgan fingerprint density at radius 1 is 1.39 bits per heavy atom. The second-order valence-corrected chi connectivity index (χ2v) is 6.44. The molecule has 126 valence electrons. The van der Waals surface area contributed by atoms with Gasteiger partial charge in [-0.05, 0) is 37.0 Å². The van der Waals surface area contributed by atoms with Crippen molar-refractivity contribution in [1.82, 2.24) is 5.32 Å². The Bertz CT molecular complexity index is 573. The van der Waals surface area contributed by atoms with Gasteiger partial charge in [-0.15, -0.1) is 0 Å². The second-order valence-electron chi connectivity index (χ2n) is 5.60. The first-order valence-corrected chi connectivity index (χ1v) is 8.27. The SMILES string of the molecule is O=C(CCc1ccc(Cl)cc1Cl)NC(C(=O)O)C1CCCOC1. The number of aliphatic carboxylic acids is 1. The van der Waals surface area contributed by atoms with E-state index in [2.05, 4.69) is 5.32 Å². The highest BCUT2D eigenvalue weighted by molar-refractivity contribution is 6.35. The van der Waals surface area contributed by atoms with Gasteiger partial charge in [-0.3, -0.25) is 4.79 Å². The number of rotatable bonds is 6. The molecule has 5 nitrogen and oxygen atoms in total. The lowest BCUT2D eigenvalue weighted by atomic mass is 9.93. The number of carbonyl (C=O) groups is 2. The van der Waals surface area contributed by atoms with E-state index in [9.17, 15) is 14.7 Å². The average Bonchev–Trinajstić information content (AvgIpc) is 2.52. The zero-order valence-electron chi connectivity index (χ0n) is 12.6. The van der Waals surface area contributed by atoms with Crippen molar-refractivity contribution in [3.8, 4) is 0 Å². The van der Waals surface area contributed by atoms with E-state index in [1.54, 1.807) is 18.2 Å². The van der Waals surface area contributed by atoms with E-state index in [1.165, 1.54) is 0 Å². The average molecular weight is 360 g/mol. The van der Waals surface area contributed by atoms with Crippen molar-refractivity contribution in [1.29, 1.82) is 0 Å². The van der Waals surface area contributed by atoms with E-state index >= 15 is 0 Å². The van der Waals surface area contributed by atoms with Crippen LogP contribution in [0.5, 0.6) is 0 Å². The number of carbonyl (C=O) groups excluding carboxylic acids is 1. The summed E-state index contributed by atoms with van der Waals surface area (Å²) in [4.78, 5) is 23.5. The van der Waals surface area contributed by atoms with Gasteiger partial charge >= 0.3 is 5.97 Å². The van der Waals surface area contributed by atoms with Crippen LogP contribution < -0.4 is 5.32 Å². The number of aryl methyl sites for hydroxylation is 1. The van der Waals surface area contributed by atoms with Crippen molar-refractivity contribution >= 4 is 35.1 Å². The zero-order chi connectivity index (χ0) is 16.8. The number of benzene rings is 1. The normalized spacial score (nSPS) is 19.1. The van der Waals surface area contributed by atoms with E-state index in [-0.39, 0.29) is 18.2 Å². The number of hydrogen-bond acceptors (Lipinski definition) is 3. The van der Waals surface area contributed by atoms with Crippen LogP contribution in [0.15, 0.2) is 18.2 Å². The van der Waals surface area contributed by atoms with Crippen molar-refractivity contribution in [2.45, 2.75) is 31.7 Å². The molecule has 0 aliphatic carbocycles. The van der Waals surface area contributed by atoms with Crippen LogP contribution in [0.25, 0.3) is 0 Å². The third-order valence-corrected chi connectivity index (χ3v) is 4.47. The molecule has 1 heterocycles. The summed E-state index contributed by atoms with van der Waals surface area (Å²) in [5.41, 5.74) is 0.805. The third kappa shape index (κ3) is 5.37. The smallest absolute Gasteiger partial charge is 0.326 e. The lowest BCUT2D eigenvalue weighted by Crippen LogP contribution is -2.48. The Morgan fingerprint density at radius 2 is 2.17 bits per heavy atom. The summed E-state index contributed by atoms with van der Waals surface area (Å²) in [5, 5.41) is 13.0. The maximum absolute atomic E-state index is 12.1. The number of halogens is 2. The molecule has 1 aromatic rings. The van der Waals surface area contributed by atoms with Crippen LogP contribution in [-0.2, 0) is 20.7 Å². The van der Waals surface area contributed by atoms with Crippen molar-refractivity contribution in [3.63, 3.8) is 0 Å². The van der Waals surface area contributed by atoms with Gasteiger partial charge in [-0.2, -0.15) is 0 Å². The predicted molar refractivity (Wildman–Crippen MR) is 87.9 cm³/mol. The standard InChI is InChI=1S/C16H19Cl2NO4/c17-12-5-3-10(13(18)8-12)4-6-14(20)19-15(16(21)22)11-2-1-7-23-9-11/h3,5,8,11,15H,1-2,4,6-7,9H2,(H,19,20)(H,21,22). The predicted octanol–water partition coefficient (Wildman–Crippen LogP) is 2.92. The summed E-state index contributed by atoms with van der Waals surface area (Å²) in [6.45, 7) is 1.01. The van der Waals surface area contributed by atoms with Crippen LogP contribution in [0.1, 0.15) is 24.8 Å². The van der Waals surface area contributed by atoms with E-state index < -0.39 is 12.0 Å². The molecular weight excluding hydrogens is 341 g/mol. The molecule has 0 saturated carbocycles. The maximum atomic E-state index is 12.1. The monoisotopic (exact) mass is 359 g/mol. The molecule has 1 aromatic carbocycles. The molecule has 2 unspecified atom stereocenters. The van der Waals surface area contributed by atoms with Crippen LogP contribution in [0.4, 0.5) is 0 Å². The Balaban J connectivity index is 1.90. The highest BCUT2D eigenvalue weighted by Gasteiger charge is 2.31. The first-order valence-electron chi connectivity index (χ1n) is 7.51. The van der Waals surface area contributed by atoms with Crippen molar-refractivity contribution in [2.24, 2.45) is 5.92 Å². The minimum Gasteiger partial charge on any atom is -0.480 e. The fraction of sp³-hybridized carbons (Fsp3) is 0.500. The molecule has 0 bridgehead atoms. The molecule has 2 rings (SSSR count). The maximum Gasteiger partial charge on any atom is 0.326 e. The summed E-state index contributed by atoms with van der Waals surface area (Å²) >= 11 is 11.9. The van der Waals surface area contributed by atoms with Crippen LogP contribution in [0, 0.1) is 5.92 Å². The summed E-state index contributed by atoms with van der Waals surface area (Å²) in [7, 11) is 0. The van der Waals surface area contributed by atoms with Gasteiger partial charge in [0.1, 0.15) is 6.04 Å². The fourth-order valence-electron chi connectivity index (χ4n) is 2.63. The van der Waals surface area contributed by atoms with E-state index in [4.69, 9.17) is 27.9 Å². The van der Waals surface area contributed by atoms with Gasteiger partial charge in [0.2, 0.25) is 5.91 Å². The van der Waals surface area contributed by atoms with Crippen molar-refractivity contribution < 1.29 is 19.4 Å². The minimum absolute atomic E-state index is 0.165. The van der Waals surface area contributed by atoms with Gasteiger partial charge in [0, 0.05) is 29.0 Å². The number of ether oxygens (including phenoxy) is 1. The largest absolute Gasteiger partial charge is 0.480 e. The number of hydrogen-bond donors (Lipinski definition) is 2. The second kappa shape index (κ2) is 8.52. The van der Waals surface area contributed by atoms with Crippen LogP contribution in [0.3, 0.4) is 0 Å². The highest BCUT2D eigenvalue weighted by Crippen LogP contribution is 2.22. The van der Waals surface area contributed by atoms with Crippen LogP contribution in [-0.4, -0.2) is 36.2 Å². The molecule has 1 aliphatic rings. The van der Waals surface area contributed by atoms with Crippen LogP contribution >= 0.6 is 23.2 Å². The number of carboxylic acid groups (broad SMARTS) is 1. The molecule has 23 heavy (non-hydrogen) atoms. The molecule has 0 radical (unpaired) electrons. The van der Waals surface area contributed by atoms with Gasteiger partial charge in [-0.25, -0.2) is 4.79 Å². The molecule has 0 aromatic heterocycles. The first-order chi connectivity index (χ1) is 11.0. The van der Waals surface area contributed by atoms with Gasteiger partial charge < -0.3 is 15.2 Å². The fourth-order valence-corrected chi connectivity index (χ4v) is 3.13. The van der Waals surface area contributed by atoms with Gasteiger partial charge in [0.15, 0.2) is 0 Å². The number of carboxylic acids is 1. The molecule has 2 N–H and O–H groups in total. The van der Waals surface area contributed by atoms with E-state index in [1.807, 2.05) is 0 Å².